The van der Waals surface area contributed by atoms with E-state index < -0.39 is 19.3 Å². The fraction of sp³-hybridized carbons (Fsp3) is 0.314. The van der Waals surface area contributed by atoms with Crippen LogP contribution in [0.4, 0.5) is 5.69 Å². The summed E-state index contributed by atoms with van der Waals surface area (Å²) < 4.78 is 13.4. The number of hydrogen-bond acceptors (Lipinski definition) is 5. The zero-order valence-corrected chi connectivity index (χ0v) is 26.5. The normalized spacial score (nSPS) is 15.0. The molecule has 0 radical (unpaired) electrons. The second-order valence-electron chi connectivity index (χ2n) is 11.6. The number of rotatable bonds is 15. The summed E-state index contributed by atoms with van der Waals surface area (Å²) in [6.45, 7) is 4.03. The number of imide groups is 1. The zero-order valence-electron chi connectivity index (χ0n) is 25.6. The fourth-order valence-corrected chi connectivity index (χ4v) is 6.76. The first-order valence-corrected chi connectivity index (χ1v) is 17.1. The van der Waals surface area contributed by atoms with E-state index in [9.17, 15) is 28.6 Å². The molecule has 1 aliphatic rings. The van der Waals surface area contributed by atoms with Crippen LogP contribution >= 0.6 is 7.37 Å². The average Bonchev–Trinajstić information content (AvgIpc) is 3.26. The lowest BCUT2D eigenvalue weighted by atomic mass is 10.0. The monoisotopic (exact) mass is 629 g/mol. The van der Waals surface area contributed by atoms with Gasteiger partial charge in [0.2, 0.25) is 19.2 Å². The molecule has 4 rings (SSSR count). The third kappa shape index (κ3) is 9.58. The minimum atomic E-state index is -3.94. The van der Waals surface area contributed by atoms with Gasteiger partial charge in [-0.2, -0.15) is 0 Å². The van der Waals surface area contributed by atoms with E-state index in [1.807, 2.05) is 50.2 Å². The molecule has 4 amide bonds. The Bertz CT molecular complexity index is 1550. The highest BCUT2D eigenvalue weighted by molar-refractivity contribution is 7.61. The van der Waals surface area contributed by atoms with Crippen LogP contribution in [0.3, 0.4) is 0 Å². The van der Waals surface area contributed by atoms with Crippen LogP contribution in [0.25, 0.3) is 0 Å². The van der Waals surface area contributed by atoms with Gasteiger partial charge in [0.15, 0.2) is 0 Å². The van der Waals surface area contributed by atoms with Crippen LogP contribution in [0.15, 0.2) is 96.3 Å². The van der Waals surface area contributed by atoms with Crippen molar-refractivity contribution < 1.29 is 28.6 Å². The highest BCUT2D eigenvalue weighted by Gasteiger charge is 2.34. The van der Waals surface area contributed by atoms with Gasteiger partial charge in [-0.1, -0.05) is 74.5 Å². The van der Waals surface area contributed by atoms with E-state index in [4.69, 9.17) is 0 Å². The van der Waals surface area contributed by atoms with Crippen LogP contribution < -0.4 is 10.6 Å². The van der Waals surface area contributed by atoms with Crippen molar-refractivity contribution in [2.75, 3.05) is 18.0 Å². The molecule has 9 nitrogen and oxygen atoms in total. The van der Waals surface area contributed by atoms with Crippen LogP contribution in [0.5, 0.6) is 0 Å². The quantitative estimate of drug-likeness (QED) is 0.0815. The summed E-state index contributed by atoms with van der Waals surface area (Å²) >= 11 is 0. The van der Waals surface area contributed by atoms with E-state index in [0.717, 1.165) is 16.3 Å². The predicted molar refractivity (Wildman–Crippen MR) is 175 cm³/mol. The molecule has 45 heavy (non-hydrogen) atoms. The summed E-state index contributed by atoms with van der Waals surface area (Å²) in [5, 5.41) is 5.66. The van der Waals surface area contributed by atoms with Gasteiger partial charge in [0.25, 0.3) is 11.8 Å². The van der Waals surface area contributed by atoms with Crippen molar-refractivity contribution in [3.05, 3.63) is 113 Å². The number of hydrogen-bond donors (Lipinski definition) is 3. The van der Waals surface area contributed by atoms with Crippen LogP contribution in [0, 0.1) is 5.92 Å². The molecule has 0 aromatic heterocycles. The summed E-state index contributed by atoms with van der Waals surface area (Å²) in [6, 6.07) is 24.2. The van der Waals surface area contributed by atoms with E-state index in [2.05, 4.69) is 10.6 Å². The summed E-state index contributed by atoms with van der Waals surface area (Å²) in [5.41, 5.74) is 2.42. The SMILES string of the molecule is CC(C)C[C@H](NC(=O)/C(=C/P(=O)(O)CCCCN1C(=O)c2ccccc2C1=O)CCc1ccccc1)C(=O)Nc1ccccc1. The van der Waals surface area contributed by atoms with Gasteiger partial charge in [-0.25, -0.2) is 0 Å². The molecule has 0 bridgehead atoms. The van der Waals surface area contributed by atoms with Gasteiger partial charge >= 0.3 is 0 Å². The van der Waals surface area contributed by atoms with Gasteiger partial charge in [0.1, 0.15) is 6.04 Å². The van der Waals surface area contributed by atoms with E-state index in [1.165, 1.54) is 0 Å². The van der Waals surface area contributed by atoms with E-state index in [0.29, 0.717) is 36.1 Å². The average molecular weight is 630 g/mol. The Morgan fingerprint density at radius 3 is 2.04 bits per heavy atom. The summed E-state index contributed by atoms with van der Waals surface area (Å²) in [5.74, 6) is -0.426. The van der Waals surface area contributed by atoms with E-state index in [1.54, 1.807) is 48.5 Å². The van der Waals surface area contributed by atoms with Gasteiger partial charge in [-0.15, -0.1) is 0 Å². The van der Waals surface area contributed by atoms with Gasteiger partial charge in [-0.3, -0.25) is 28.6 Å². The smallest absolute Gasteiger partial charge is 0.261 e. The molecule has 1 aliphatic heterocycles. The van der Waals surface area contributed by atoms with Crippen molar-refractivity contribution >= 4 is 36.7 Å². The number of fused-ring (bicyclic) bond motifs is 1. The maximum absolute atomic E-state index is 13.6. The highest BCUT2D eigenvalue weighted by Crippen LogP contribution is 2.45. The van der Waals surface area contributed by atoms with Gasteiger partial charge in [0, 0.05) is 29.8 Å². The van der Waals surface area contributed by atoms with E-state index >= 15 is 0 Å². The van der Waals surface area contributed by atoms with Gasteiger partial charge < -0.3 is 15.5 Å². The number of nitrogens with one attached hydrogen (secondary N) is 2. The van der Waals surface area contributed by atoms with Crippen molar-refractivity contribution in [2.24, 2.45) is 5.92 Å². The number of carbonyl (C=O) groups excluding carboxylic acids is 4. The fourth-order valence-electron chi connectivity index (χ4n) is 5.22. The third-order valence-electron chi connectivity index (χ3n) is 7.53. The minimum absolute atomic E-state index is 0.0969. The first-order chi connectivity index (χ1) is 21.5. The van der Waals surface area contributed by atoms with Crippen LogP contribution in [0.2, 0.25) is 0 Å². The Morgan fingerprint density at radius 2 is 1.44 bits per heavy atom. The first kappa shape index (κ1) is 33.6. The molecule has 1 unspecified atom stereocenters. The second-order valence-corrected chi connectivity index (χ2v) is 13.9. The lowest BCUT2D eigenvalue weighted by molar-refractivity contribution is -0.124. The largest absolute Gasteiger partial charge is 0.341 e. The molecule has 10 heteroatoms. The van der Waals surface area contributed by atoms with Gasteiger partial charge in [-0.05, 0) is 67.9 Å². The number of amides is 4. The van der Waals surface area contributed by atoms with E-state index in [-0.39, 0.29) is 54.8 Å². The number of unbranched alkanes of at least 4 members (excludes halogenated alkanes) is 1. The lowest BCUT2D eigenvalue weighted by Gasteiger charge is -2.21. The number of carbonyl (C=O) groups is 4. The number of aryl methyl sites for hydroxylation is 1. The van der Waals surface area contributed by atoms with Crippen LogP contribution in [-0.4, -0.2) is 52.2 Å². The number of nitrogens with zero attached hydrogens (tertiary/aromatic N) is 1. The number of benzene rings is 3. The topological polar surface area (TPSA) is 133 Å². The Morgan fingerprint density at radius 1 is 0.867 bits per heavy atom. The Hall–Kier alpha value is -4.33. The molecule has 0 spiro atoms. The zero-order chi connectivity index (χ0) is 32.4. The molecule has 3 aromatic rings. The predicted octanol–water partition coefficient (Wildman–Crippen LogP) is 6.02. The maximum atomic E-state index is 13.6. The van der Waals surface area contributed by atoms with Crippen molar-refractivity contribution in [3.63, 3.8) is 0 Å². The molecular formula is C35H40N3O6P. The Balaban J connectivity index is 1.43. The number of anilines is 1. The standard InChI is InChI=1S/C35H40N3O6P/c1-25(2)23-31(33(40)36-28-15-7-4-8-16-28)37-32(39)27(20-19-26-13-5-3-6-14-26)24-45(43,44)22-12-11-21-38-34(41)29-17-9-10-18-30(29)35(38)42/h3-10,13-18,24-25,31H,11-12,19-23H2,1-2H3,(H,36,40)(H,37,39)(H,43,44)/b27-24+/t31-/m0/s1. The molecule has 0 fully saturated rings. The molecule has 2 atom stereocenters. The van der Waals surface area contributed by atoms with Crippen molar-refractivity contribution in [2.45, 2.75) is 52.0 Å². The Labute approximate surface area is 264 Å². The van der Waals surface area contributed by atoms with Crippen LogP contribution in [0.1, 0.15) is 65.8 Å². The molecule has 0 aliphatic carbocycles. The minimum Gasteiger partial charge on any atom is -0.341 e. The molecule has 3 N–H and O–H groups in total. The maximum Gasteiger partial charge on any atom is 0.261 e. The molecule has 236 valence electrons. The van der Waals surface area contributed by atoms with Crippen molar-refractivity contribution in [1.29, 1.82) is 0 Å². The molecule has 1 heterocycles. The lowest BCUT2D eigenvalue weighted by Crippen LogP contribution is -2.45. The third-order valence-corrected chi connectivity index (χ3v) is 9.21. The Kier molecular flexibility index (Phi) is 11.6. The highest BCUT2D eigenvalue weighted by atomic mass is 31.2. The molecular weight excluding hydrogens is 589 g/mol. The molecule has 3 aromatic carbocycles. The first-order valence-electron chi connectivity index (χ1n) is 15.2. The molecule has 0 saturated carbocycles. The number of para-hydroxylation sites is 1. The van der Waals surface area contributed by atoms with Crippen molar-refractivity contribution in [3.8, 4) is 0 Å². The van der Waals surface area contributed by atoms with Crippen molar-refractivity contribution in [1.82, 2.24) is 10.2 Å². The summed E-state index contributed by atoms with van der Waals surface area (Å²) in [6.07, 6.45) is 1.52. The van der Waals surface area contributed by atoms with Crippen LogP contribution in [-0.2, 0) is 20.6 Å². The van der Waals surface area contributed by atoms with Gasteiger partial charge in [0.05, 0.1) is 11.1 Å². The molecule has 0 saturated heterocycles. The second kappa shape index (κ2) is 15.6. The summed E-state index contributed by atoms with van der Waals surface area (Å²) in [7, 11) is -3.94. The summed E-state index contributed by atoms with van der Waals surface area (Å²) in [4.78, 5) is 64.1.